The summed E-state index contributed by atoms with van der Waals surface area (Å²) in [5, 5.41) is 0. The summed E-state index contributed by atoms with van der Waals surface area (Å²) in [7, 11) is 4.05. The van der Waals surface area contributed by atoms with Gasteiger partial charge in [-0.25, -0.2) is 4.79 Å². The summed E-state index contributed by atoms with van der Waals surface area (Å²) in [5.41, 5.74) is 2.85. The van der Waals surface area contributed by atoms with Crippen molar-refractivity contribution in [3.05, 3.63) is 36.3 Å². The molecule has 86 valence electrons. The lowest BCUT2D eigenvalue weighted by molar-refractivity contribution is -0.139. The molecule has 4 nitrogen and oxygen atoms in total. The van der Waals surface area contributed by atoms with Crippen LogP contribution in [0.4, 0.5) is 0 Å². The van der Waals surface area contributed by atoms with Crippen LogP contribution in [0.1, 0.15) is 0 Å². The van der Waals surface area contributed by atoms with E-state index in [1.165, 1.54) is 38.7 Å². The maximum absolute atomic E-state index is 10.6. The number of carbonyl (C=O) groups excluding carboxylic acids is 1. The topological polar surface area (TPSA) is 44.8 Å². The van der Waals surface area contributed by atoms with Crippen LogP contribution in [-0.2, 0) is 19.0 Å². The van der Waals surface area contributed by atoms with Gasteiger partial charge in [-0.2, -0.15) is 0 Å². The van der Waals surface area contributed by atoms with Crippen LogP contribution >= 0.6 is 0 Å². The first kappa shape index (κ1) is 12.1. The van der Waals surface area contributed by atoms with Crippen molar-refractivity contribution in [2.24, 2.45) is 0 Å². The van der Waals surface area contributed by atoms with Crippen LogP contribution in [0.5, 0.6) is 0 Å². The van der Waals surface area contributed by atoms with E-state index in [9.17, 15) is 4.79 Å². The molecule has 0 aromatic carbocycles. The largest absolute Gasteiger partial charge is 0.500 e. The average Bonchev–Trinajstić information content (AvgIpc) is 2.93. The van der Waals surface area contributed by atoms with Crippen molar-refractivity contribution in [2.75, 3.05) is 21.3 Å². The molecule has 0 heterocycles. The fourth-order valence-electron chi connectivity index (χ4n) is 1.06. The van der Waals surface area contributed by atoms with Gasteiger partial charge in [-0.1, -0.05) is 18.2 Å². The van der Waals surface area contributed by atoms with E-state index in [2.05, 4.69) is 38.5 Å². The lowest BCUT2D eigenvalue weighted by atomic mass is 10.5. The summed E-state index contributed by atoms with van der Waals surface area (Å²) in [6.45, 7) is 0. The van der Waals surface area contributed by atoms with Gasteiger partial charge in [-0.15, -0.1) is 0 Å². The first-order valence-electron chi connectivity index (χ1n) is 4.68. The standard InChI is InChI=1S/C6H10O4.C6H4/c1-8-4-5(9-2)6(7)10-3;1-2-5-4-6(5)3-1/h4H,1-3H3;1-4H. The first-order valence-corrected chi connectivity index (χ1v) is 4.68. The van der Waals surface area contributed by atoms with Crippen molar-refractivity contribution < 1.29 is 19.0 Å². The van der Waals surface area contributed by atoms with Gasteiger partial charge in [-0.3, -0.25) is 0 Å². The van der Waals surface area contributed by atoms with Gasteiger partial charge in [0.2, 0.25) is 5.76 Å². The van der Waals surface area contributed by atoms with E-state index in [0.717, 1.165) is 0 Å². The number of ether oxygens (including phenoxy) is 3. The molecule has 0 aliphatic heterocycles. The Morgan fingerprint density at radius 1 is 1.12 bits per heavy atom. The molecule has 2 rings (SSSR count). The molecule has 0 saturated heterocycles. The van der Waals surface area contributed by atoms with Crippen molar-refractivity contribution in [3.8, 4) is 11.1 Å². The molecule has 0 atom stereocenters. The van der Waals surface area contributed by atoms with Gasteiger partial charge in [0.25, 0.3) is 0 Å². The maximum Gasteiger partial charge on any atom is 0.376 e. The summed E-state index contributed by atoms with van der Waals surface area (Å²) in [6.07, 6.45) is 1.17. The lowest BCUT2D eigenvalue weighted by Crippen LogP contribution is -2.06. The van der Waals surface area contributed by atoms with Crippen molar-refractivity contribution in [2.45, 2.75) is 0 Å². The quantitative estimate of drug-likeness (QED) is 0.452. The molecule has 0 amide bonds. The number of esters is 1. The van der Waals surface area contributed by atoms with Crippen LogP contribution in [0.3, 0.4) is 0 Å². The van der Waals surface area contributed by atoms with Crippen LogP contribution in [0.2, 0.25) is 0 Å². The highest BCUT2D eigenvalue weighted by atomic mass is 16.6. The predicted octanol–water partition coefficient (Wildman–Crippen LogP) is 1.96. The molecule has 0 aromatic heterocycles. The van der Waals surface area contributed by atoms with Gasteiger partial charge >= 0.3 is 5.97 Å². The normalized spacial score (nSPS) is 10.8. The van der Waals surface area contributed by atoms with Crippen molar-refractivity contribution in [1.29, 1.82) is 0 Å². The highest BCUT2D eigenvalue weighted by molar-refractivity contribution is 5.85. The number of hydrogen-bond donors (Lipinski definition) is 0. The number of carbonyl (C=O) groups is 1. The van der Waals surface area contributed by atoms with E-state index in [-0.39, 0.29) is 5.76 Å². The van der Waals surface area contributed by atoms with Crippen LogP contribution in [-0.4, -0.2) is 27.3 Å². The van der Waals surface area contributed by atoms with Crippen molar-refractivity contribution in [3.63, 3.8) is 0 Å². The Bertz CT molecular complexity index is 379. The minimum absolute atomic E-state index is 0.0463. The second kappa shape index (κ2) is 5.80. The molecule has 0 spiro atoms. The molecule has 0 bridgehead atoms. The van der Waals surface area contributed by atoms with E-state index in [4.69, 9.17) is 0 Å². The second-order valence-corrected chi connectivity index (χ2v) is 2.99. The summed E-state index contributed by atoms with van der Waals surface area (Å²) >= 11 is 0. The van der Waals surface area contributed by atoms with Crippen LogP contribution in [0.15, 0.2) is 36.3 Å². The summed E-state index contributed by atoms with van der Waals surface area (Å²) in [4.78, 5) is 10.6. The monoisotopic (exact) mass is 222 g/mol. The van der Waals surface area contributed by atoms with Gasteiger partial charge in [0, 0.05) is 0 Å². The lowest BCUT2D eigenvalue weighted by Gasteiger charge is -2.01. The van der Waals surface area contributed by atoms with E-state index < -0.39 is 5.97 Å². The molecule has 0 saturated carbocycles. The van der Waals surface area contributed by atoms with Crippen LogP contribution in [0.25, 0.3) is 11.1 Å². The molecular weight excluding hydrogens is 208 g/mol. The number of methoxy groups -OCH3 is 3. The second-order valence-electron chi connectivity index (χ2n) is 2.99. The van der Waals surface area contributed by atoms with Gasteiger partial charge in [0.05, 0.1) is 21.3 Å². The number of hydrogen-bond acceptors (Lipinski definition) is 4. The highest BCUT2D eigenvalue weighted by Gasteiger charge is 2.08. The van der Waals surface area contributed by atoms with Crippen LogP contribution in [0, 0.1) is 0 Å². The van der Waals surface area contributed by atoms with E-state index in [0.29, 0.717) is 0 Å². The van der Waals surface area contributed by atoms with Gasteiger partial charge in [0.1, 0.15) is 6.26 Å². The molecule has 2 aliphatic rings. The molecule has 16 heavy (non-hydrogen) atoms. The Balaban J connectivity index is 0.000000176. The van der Waals surface area contributed by atoms with E-state index in [1.807, 2.05) is 0 Å². The molecule has 0 aromatic rings. The van der Waals surface area contributed by atoms with Gasteiger partial charge in [-0.05, 0) is 17.2 Å². The number of benzene rings is 1. The Labute approximate surface area is 94.4 Å². The third-order valence-corrected chi connectivity index (χ3v) is 1.94. The van der Waals surface area contributed by atoms with E-state index >= 15 is 0 Å². The number of fused-ring (bicyclic) bond motifs is 1. The summed E-state index contributed by atoms with van der Waals surface area (Å²) in [5.74, 6) is -0.505. The zero-order valence-corrected chi connectivity index (χ0v) is 9.52. The van der Waals surface area contributed by atoms with E-state index in [1.54, 1.807) is 0 Å². The first-order chi connectivity index (χ1) is 7.72. The smallest absolute Gasteiger partial charge is 0.376 e. The van der Waals surface area contributed by atoms with Crippen molar-refractivity contribution in [1.82, 2.24) is 0 Å². The summed E-state index contributed by atoms with van der Waals surface area (Å²) in [6, 6.07) is 8.48. The SMILES string of the molecule is COC=C(OC)C(=O)OC.c1cc2cc-2c1. The maximum atomic E-state index is 10.6. The zero-order valence-electron chi connectivity index (χ0n) is 9.52. The summed E-state index contributed by atoms with van der Waals surface area (Å²) < 4.78 is 13.5. The Morgan fingerprint density at radius 3 is 2.00 bits per heavy atom. The predicted molar refractivity (Wildman–Crippen MR) is 59.6 cm³/mol. The minimum atomic E-state index is -0.552. The molecule has 0 radical (unpaired) electrons. The Morgan fingerprint density at radius 2 is 1.75 bits per heavy atom. The van der Waals surface area contributed by atoms with Crippen LogP contribution < -0.4 is 0 Å². The molecule has 4 heteroatoms. The fourth-order valence-corrected chi connectivity index (χ4v) is 1.06. The number of rotatable bonds is 3. The minimum Gasteiger partial charge on any atom is -0.500 e. The van der Waals surface area contributed by atoms with Gasteiger partial charge < -0.3 is 14.2 Å². The molecule has 2 aliphatic carbocycles. The molecule has 0 unspecified atom stereocenters. The highest BCUT2D eigenvalue weighted by Crippen LogP contribution is 2.32. The Hall–Kier alpha value is -1.97. The molecule has 0 N–H and O–H groups in total. The third-order valence-electron chi connectivity index (χ3n) is 1.94. The van der Waals surface area contributed by atoms with Crippen molar-refractivity contribution >= 4 is 5.97 Å². The third kappa shape index (κ3) is 3.31. The average molecular weight is 222 g/mol. The van der Waals surface area contributed by atoms with Gasteiger partial charge in [0.15, 0.2) is 0 Å². The molecule has 0 fully saturated rings. The molecular formula is C12H14O4. The zero-order chi connectivity index (χ0) is 12.0. The fraction of sp³-hybridized carbons (Fsp3) is 0.250. The Kier molecular flexibility index (Phi) is 4.39.